The van der Waals surface area contributed by atoms with E-state index < -0.39 is 0 Å². The quantitative estimate of drug-likeness (QED) is 0.497. The van der Waals surface area contributed by atoms with Crippen molar-refractivity contribution in [2.45, 2.75) is 13.5 Å². The Morgan fingerprint density at radius 3 is 2.50 bits per heavy atom. The van der Waals surface area contributed by atoms with Crippen LogP contribution in [-0.2, 0) is 6.54 Å². The van der Waals surface area contributed by atoms with Gasteiger partial charge >= 0.3 is 0 Å². The van der Waals surface area contributed by atoms with Crippen LogP contribution >= 0.6 is 11.3 Å². The fraction of sp³-hybridized carbons (Fsp3) is 0.0909. The summed E-state index contributed by atoms with van der Waals surface area (Å²) in [5.74, 6) is 3.20. The van der Waals surface area contributed by atoms with Crippen molar-refractivity contribution in [1.29, 1.82) is 0 Å². The lowest BCUT2D eigenvalue weighted by molar-refractivity contribution is 0.796. The summed E-state index contributed by atoms with van der Waals surface area (Å²) >= 11 is 1.49. The van der Waals surface area contributed by atoms with Gasteiger partial charge in [-0.05, 0) is 12.5 Å². The largest absolute Gasteiger partial charge is 0.280 e. The second-order valence-electron chi connectivity index (χ2n) is 6.09. The number of benzene rings is 2. The summed E-state index contributed by atoms with van der Waals surface area (Å²) in [5.41, 5.74) is 3.86. The van der Waals surface area contributed by atoms with Crippen LogP contribution in [0.2, 0.25) is 0 Å². The number of nitrogens with zero attached hydrogens (tertiary/aromatic N) is 2. The fourth-order valence-corrected chi connectivity index (χ4v) is 3.95. The SMILES string of the molecule is C#CCn1c(-c2ccc(C)cc2)nc2scc(-c3ccccc3)c2c1=O. The highest BCUT2D eigenvalue weighted by Crippen LogP contribution is 2.32. The first-order valence-electron chi connectivity index (χ1n) is 8.27. The maximum absolute atomic E-state index is 13.3. The molecule has 0 aliphatic rings. The first-order chi connectivity index (χ1) is 12.7. The molecule has 0 saturated heterocycles. The van der Waals surface area contributed by atoms with Gasteiger partial charge in [0.25, 0.3) is 5.56 Å². The molecule has 0 N–H and O–H groups in total. The summed E-state index contributed by atoms with van der Waals surface area (Å²) < 4.78 is 1.59. The van der Waals surface area contributed by atoms with E-state index >= 15 is 0 Å². The molecule has 0 radical (unpaired) electrons. The zero-order valence-corrected chi connectivity index (χ0v) is 15.1. The van der Waals surface area contributed by atoms with Crippen molar-refractivity contribution in [3.05, 3.63) is 75.9 Å². The molecule has 4 aromatic rings. The monoisotopic (exact) mass is 356 g/mol. The van der Waals surface area contributed by atoms with E-state index in [1.807, 2.05) is 66.9 Å². The molecule has 0 aliphatic carbocycles. The molecule has 0 amide bonds. The van der Waals surface area contributed by atoms with E-state index in [4.69, 9.17) is 11.4 Å². The molecule has 0 aliphatic heterocycles. The first-order valence-corrected chi connectivity index (χ1v) is 9.15. The minimum absolute atomic E-state index is 0.0939. The van der Waals surface area contributed by atoms with Crippen molar-refractivity contribution in [2.75, 3.05) is 0 Å². The zero-order valence-electron chi connectivity index (χ0n) is 14.3. The van der Waals surface area contributed by atoms with Gasteiger partial charge in [0.2, 0.25) is 0 Å². The van der Waals surface area contributed by atoms with Gasteiger partial charge in [0.15, 0.2) is 0 Å². The van der Waals surface area contributed by atoms with Gasteiger partial charge in [0.05, 0.1) is 11.9 Å². The maximum Gasteiger partial charge on any atom is 0.264 e. The molecular weight excluding hydrogens is 340 g/mol. The van der Waals surface area contributed by atoms with Crippen LogP contribution in [-0.4, -0.2) is 9.55 Å². The topological polar surface area (TPSA) is 34.9 Å². The van der Waals surface area contributed by atoms with E-state index in [0.717, 1.165) is 27.1 Å². The summed E-state index contributed by atoms with van der Waals surface area (Å²) in [6.07, 6.45) is 5.53. The number of aromatic nitrogens is 2. The van der Waals surface area contributed by atoms with Crippen LogP contribution in [0.1, 0.15) is 5.56 Å². The van der Waals surface area contributed by atoms with Gasteiger partial charge in [-0.1, -0.05) is 66.1 Å². The number of aryl methyl sites for hydroxylation is 1. The summed E-state index contributed by atoms with van der Waals surface area (Å²) in [5, 5.41) is 2.63. The Hall–Kier alpha value is -3.16. The lowest BCUT2D eigenvalue weighted by Gasteiger charge is -2.11. The third-order valence-corrected chi connectivity index (χ3v) is 5.21. The average Bonchev–Trinajstić information content (AvgIpc) is 3.10. The van der Waals surface area contributed by atoms with Gasteiger partial charge in [0, 0.05) is 16.5 Å². The maximum atomic E-state index is 13.3. The highest BCUT2D eigenvalue weighted by molar-refractivity contribution is 7.17. The van der Waals surface area contributed by atoms with Crippen molar-refractivity contribution in [3.63, 3.8) is 0 Å². The summed E-state index contributed by atoms with van der Waals surface area (Å²) in [6, 6.07) is 17.9. The third kappa shape index (κ3) is 2.73. The van der Waals surface area contributed by atoms with Crippen molar-refractivity contribution in [3.8, 4) is 34.9 Å². The minimum Gasteiger partial charge on any atom is -0.280 e. The number of thiophene rings is 1. The number of hydrogen-bond donors (Lipinski definition) is 0. The standard InChI is InChI=1S/C22H16N2OS/c1-3-13-24-20(17-11-9-15(2)10-12-17)23-21-19(22(24)25)18(14-26-21)16-7-5-4-6-8-16/h1,4-12,14H,13H2,2H3. The van der Waals surface area contributed by atoms with Crippen molar-refractivity contribution in [1.82, 2.24) is 9.55 Å². The molecule has 3 nitrogen and oxygen atoms in total. The Morgan fingerprint density at radius 2 is 1.81 bits per heavy atom. The molecule has 0 fully saturated rings. The van der Waals surface area contributed by atoms with Crippen LogP contribution in [0.3, 0.4) is 0 Å². The van der Waals surface area contributed by atoms with Gasteiger partial charge < -0.3 is 0 Å². The average molecular weight is 356 g/mol. The molecule has 0 unspecified atom stereocenters. The van der Waals surface area contributed by atoms with Gasteiger partial charge in [-0.25, -0.2) is 4.98 Å². The van der Waals surface area contributed by atoms with Gasteiger partial charge in [-0.15, -0.1) is 17.8 Å². The molecule has 4 heteroatoms. The smallest absolute Gasteiger partial charge is 0.264 e. The van der Waals surface area contributed by atoms with E-state index in [2.05, 4.69) is 5.92 Å². The Labute approximate surface area is 155 Å². The molecule has 2 aromatic carbocycles. The van der Waals surface area contributed by atoms with Crippen molar-refractivity contribution >= 4 is 21.6 Å². The fourth-order valence-electron chi connectivity index (χ4n) is 3.02. The number of fused-ring (bicyclic) bond motifs is 1. The predicted octanol–water partition coefficient (Wildman–Crippen LogP) is 4.73. The van der Waals surface area contributed by atoms with Gasteiger partial charge in [-0.3, -0.25) is 9.36 Å². The number of hydrogen-bond acceptors (Lipinski definition) is 3. The predicted molar refractivity (Wildman–Crippen MR) is 108 cm³/mol. The Kier molecular flexibility index (Phi) is 4.16. The lowest BCUT2D eigenvalue weighted by atomic mass is 10.1. The van der Waals surface area contributed by atoms with Gasteiger partial charge in [0.1, 0.15) is 10.7 Å². The van der Waals surface area contributed by atoms with E-state index in [1.54, 1.807) is 4.57 Å². The van der Waals surface area contributed by atoms with Crippen LogP contribution in [0.5, 0.6) is 0 Å². The van der Waals surface area contributed by atoms with Crippen LogP contribution < -0.4 is 5.56 Å². The number of terminal acetylenes is 1. The molecule has 126 valence electrons. The molecule has 0 spiro atoms. The zero-order chi connectivity index (χ0) is 18.1. The van der Waals surface area contributed by atoms with E-state index in [9.17, 15) is 4.79 Å². The summed E-state index contributed by atoms with van der Waals surface area (Å²) in [7, 11) is 0. The Balaban J connectivity index is 2.01. The molecule has 0 saturated carbocycles. The summed E-state index contributed by atoms with van der Waals surface area (Å²) in [6.45, 7) is 2.22. The lowest BCUT2D eigenvalue weighted by Crippen LogP contribution is -2.23. The molecular formula is C22H16N2OS. The molecule has 2 aromatic heterocycles. The second-order valence-corrected chi connectivity index (χ2v) is 6.95. The normalized spacial score (nSPS) is 10.8. The van der Waals surface area contributed by atoms with E-state index in [1.165, 1.54) is 11.3 Å². The minimum atomic E-state index is -0.0939. The highest BCUT2D eigenvalue weighted by atomic mass is 32.1. The molecule has 0 bridgehead atoms. The van der Waals surface area contributed by atoms with Crippen molar-refractivity contribution < 1.29 is 0 Å². The Bertz CT molecular complexity index is 1180. The van der Waals surface area contributed by atoms with E-state index in [0.29, 0.717) is 11.2 Å². The number of rotatable bonds is 3. The van der Waals surface area contributed by atoms with Gasteiger partial charge in [-0.2, -0.15) is 0 Å². The third-order valence-electron chi connectivity index (χ3n) is 4.34. The van der Waals surface area contributed by atoms with Crippen molar-refractivity contribution in [2.24, 2.45) is 0 Å². The van der Waals surface area contributed by atoms with Crippen LogP contribution in [0, 0.1) is 19.3 Å². The second kappa shape index (κ2) is 6.62. The highest BCUT2D eigenvalue weighted by Gasteiger charge is 2.17. The van der Waals surface area contributed by atoms with Crippen LogP contribution in [0.4, 0.5) is 0 Å². The molecule has 26 heavy (non-hydrogen) atoms. The molecule has 0 atom stereocenters. The molecule has 4 rings (SSSR count). The van der Waals surface area contributed by atoms with Crippen LogP contribution in [0.25, 0.3) is 32.7 Å². The van der Waals surface area contributed by atoms with Crippen LogP contribution in [0.15, 0.2) is 64.8 Å². The summed E-state index contributed by atoms with van der Waals surface area (Å²) in [4.78, 5) is 18.8. The Morgan fingerprint density at radius 1 is 1.08 bits per heavy atom. The molecule has 2 heterocycles. The van der Waals surface area contributed by atoms with E-state index in [-0.39, 0.29) is 12.1 Å². The first kappa shape index (κ1) is 16.3.